The van der Waals surface area contributed by atoms with Crippen LogP contribution < -0.4 is 15.5 Å². The van der Waals surface area contributed by atoms with E-state index in [1.54, 1.807) is 30.3 Å². The quantitative estimate of drug-likeness (QED) is 0.592. The zero-order chi connectivity index (χ0) is 26.6. The molecule has 2 aromatic rings. The van der Waals surface area contributed by atoms with Crippen molar-refractivity contribution >= 4 is 40.7 Å². The highest BCUT2D eigenvalue weighted by molar-refractivity contribution is 6.30. The fourth-order valence-corrected chi connectivity index (χ4v) is 4.69. The van der Waals surface area contributed by atoms with Gasteiger partial charge in [-0.1, -0.05) is 23.7 Å². The second kappa shape index (κ2) is 11.4. The number of carbonyl (C=O) groups is 3. The fourth-order valence-electron chi connectivity index (χ4n) is 4.50. The molecule has 1 atom stereocenters. The maximum atomic E-state index is 13.1. The Balaban J connectivity index is 1.33. The predicted molar refractivity (Wildman–Crippen MR) is 133 cm³/mol. The van der Waals surface area contributed by atoms with Crippen LogP contribution in [0.3, 0.4) is 0 Å². The summed E-state index contributed by atoms with van der Waals surface area (Å²) in [4.78, 5) is 43.4. The second-order valence-electron chi connectivity index (χ2n) is 8.97. The topological polar surface area (TPSA) is 85.0 Å². The molecule has 8 nitrogen and oxygen atoms in total. The first kappa shape index (κ1) is 26.7. The van der Waals surface area contributed by atoms with Crippen LogP contribution in [0, 0.1) is 0 Å². The number of halogens is 4. The van der Waals surface area contributed by atoms with Gasteiger partial charge in [0, 0.05) is 55.7 Å². The van der Waals surface area contributed by atoms with Crippen molar-refractivity contribution in [3.8, 4) is 0 Å². The number of hydrogen-bond acceptors (Lipinski definition) is 5. The maximum absolute atomic E-state index is 13.1. The van der Waals surface area contributed by atoms with E-state index < -0.39 is 29.6 Å². The average Bonchev–Trinajstić information content (AvgIpc) is 2.85. The summed E-state index contributed by atoms with van der Waals surface area (Å²) in [5.41, 5.74) is 0.279. The third-order valence-corrected chi connectivity index (χ3v) is 6.64. The van der Waals surface area contributed by atoms with Gasteiger partial charge in [-0.05, 0) is 36.4 Å². The molecule has 198 valence electrons. The van der Waals surface area contributed by atoms with Gasteiger partial charge in [0.25, 0.3) is 0 Å². The van der Waals surface area contributed by atoms with Crippen molar-refractivity contribution in [1.82, 2.24) is 15.1 Å². The average molecular weight is 538 g/mol. The molecule has 0 aliphatic carbocycles. The molecule has 0 aromatic heterocycles. The highest BCUT2D eigenvalue weighted by Crippen LogP contribution is 2.32. The van der Waals surface area contributed by atoms with E-state index in [1.807, 2.05) is 9.80 Å². The van der Waals surface area contributed by atoms with Gasteiger partial charge >= 0.3 is 6.18 Å². The Bertz CT molecular complexity index is 1150. The summed E-state index contributed by atoms with van der Waals surface area (Å²) in [6.45, 7) is 2.49. The molecule has 0 spiro atoms. The Morgan fingerprint density at radius 3 is 2.46 bits per heavy atom. The molecule has 2 aromatic carbocycles. The summed E-state index contributed by atoms with van der Waals surface area (Å²) in [5.74, 6) is -1.09. The molecule has 2 heterocycles. The zero-order valence-electron chi connectivity index (χ0n) is 19.9. The first-order valence-electron chi connectivity index (χ1n) is 11.9. The smallest absolute Gasteiger partial charge is 0.369 e. The van der Waals surface area contributed by atoms with Gasteiger partial charge < -0.3 is 20.4 Å². The molecule has 2 N–H and O–H groups in total. The molecule has 2 fully saturated rings. The van der Waals surface area contributed by atoms with Gasteiger partial charge in [-0.15, -0.1) is 0 Å². The van der Waals surface area contributed by atoms with E-state index in [9.17, 15) is 27.6 Å². The molecular weight excluding hydrogens is 511 g/mol. The van der Waals surface area contributed by atoms with Crippen molar-refractivity contribution < 1.29 is 27.6 Å². The number of amides is 3. The Hall–Kier alpha value is -3.31. The van der Waals surface area contributed by atoms with E-state index in [1.165, 1.54) is 11.0 Å². The molecule has 12 heteroatoms. The van der Waals surface area contributed by atoms with Gasteiger partial charge in [0.2, 0.25) is 17.7 Å². The van der Waals surface area contributed by atoms with E-state index in [0.29, 0.717) is 49.1 Å². The lowest BCUT2D eigenvalue weighted by molar-refractivity contribution is -0.145. The molecule has 2 aliphatic rings. The summed E-state index contributed by atoms with van der Waals surface area (Å²) >= 11 is 5.95. The third kappa shape index (κ3) is 6.92. The van der Waals surface area contributed by atoms with Crippen LogP contribution >= 0.6 is 11.6 Å². The predicted octanol–water partition coefficient (Wildman–Crippen LogP) is 2.84. The van der Waals surface area contributed by atoms with Gasteiger partial charge in [-0.25, -0.2) is 0 Å². The molecule has 0 bridgehead atoms. The lowest BCUT2D eigenvalue weighted by Crippen LogP contribution is -2.60. The number of piperazine rings is 2. The Kier molecular flexibility index (Phi) is 8.23. The van der Waals surface area contributed by atoms with E-state index in [-0.39, 0.29) is 25.4 Å². The van der Waals surface area contributed by atoms with Crippen LogP contribution in [-0.4, -0.2) is 79.4 Å². The van der Waals surface area contributed by atoms with Crippen LogP contribution in [0.5, 0.6) is 0 Å². The van der Waals surface area contributed by atoms with Crippen LogP contribution in [0.1, 0.15) is 12.0 Å². The first-order chi connectivity index (χ1) is 17.6. The minimum Gasteiger partial charge on any atom is -0.369 e. The monoisotopic (exact) mass is 537 g/mol. The number of alkyl halides is 3. The van der Waals surface area contributed by atoms with Gasteiger partial charge in [-0.2, -0.15) is 13.2 Å². The number of benzene rings is 2. The zero-order valence-corrected chi connectivity index (χ0v) is 20.7. The maximum Gasteiger partial charge on any atom is 0.416 e. The van der Waals surface area contributed by atoms with Gasteiger partial charge in [0.15, 0.2) is 0 Å². The number of carbonyl (C=O) groups excluding carboxylic acids is 3. The number of nitrogens with zero attached hydrogens (tertiary/aromatic N) is 3. The van der Waals surface area contributed by atoms with E-state index in [4.69, 9.17) is 11.6 Å². The number of hydrogen-bond donors (Lipinski definition) is 2. The molecular formula is C25H27ClF3N5O3. The third-order valence-electron chi connectivity index (χ3n) is 6.41. The number of nitrogens with one attached hydrogen (secondary N) is 2. The number of anilines is 2. The molecule has 0 radical (unpaired) electrons. The summed E-state index contributed by atoms with van der Waals surface area (Å²) in [6.07, 6.45) is -4.61. The summed E-state index contributed by atoms with van der Waals surface area (Å²) < 4.78 is 39.2. The molecule has 2 aliphatic heterocycles. The number of rotatable bonds is 6. The van der Waals surface area contributed by atoms with Crippen molar-refractivity contribution in [2.24, 2.45) is 0 Å². The summed E-state index contributed by atoms with van der Waals surface area (Å²) in [5, 5.41) is 5.86. The first-order valence-corrected chi connectivity index (χ1v) is 12.2. The largest absolute Gasteiger partial charge is 0.416 e. The van der Waals surface area contributed by atoms with Crippen LogP contribution in [0.4, 0.5) is 24.5 Å². The van der Waals surface area contributed by atoms with E-state index >= 15 is 0 Å². The van der Waals surface area contributed by atoms with Crippen molar-refractivity contribution in [3.05, 3.63) is 59.1 Å². The van der Waals surface area contributed by atoms with Crippen LogP contribution in [-0.2, 0) is 20.6 Å². The minimum atomic E-state index is -4.41. The molecule has 4 rings (SSSR count). The minimum absolute atomic E-state index is 0.0517. The Morgan fingerprint density at radius 1 is 1.03 bits per heavy atom. The molecule has 37 heavy (non-hydrogen) atoms. The van der Waals surface area contributed by atoms with E-state index in [2.05, 4.69) is 10.6 Å². The lowest BCUT2D eigenvalue weighted by Gasteiger charge is -2.39. The summed E-state index contributed by atoms with van der Waals surface area (Å²) in [7, 11) is 0. The Morgan fingerprint density at radius 2 is 1.76 bits per heavy atom. The highest BCUT2D eigenvalue weighted by Gasteiger charge is 2.36. The SMILES string of the molecule is O=C(C[C@@H]1C(=O)NCCN1C(=O)CN1CCN(c2cccc(C(F)(F)F)c2)CC1)Nc1cccc(Cl)c1. The van der Waals surface area contributed by atoms with Crippen molar-refractivity contribution in [3.63, 3.8) is 0 Å². The van der Waals surface area contributed by atoms with Crippen molar-refractivity contribution in [2.45, 2.75) is 18.6 Å². The highest BCUT2D eigenvalue weighted by atomic mass is 35.5. The molecule has 0 unspecified atom stereocenters. The van der Waals surface area contributed by atoms with Crippen LogP contribution in [0.25, 0.3) is 0 Å². The van der Waals surface area contributed by atoms with Crippen LogP contribution in [0.15, 0.2) is 48.5 Å². The lowest BCUT2D eigenvalue weighted by atomic mass is 10.1. The van der Waals surface area contributed by atoms with Crippen LogP contribution in [0.2, 0.25) is 5.02 Å². The normalized spacial score (nSPS) is 18.9. The van der Waals surface area contributed by atoms with Crippen molar-refractivity contribution in [2.75, 3.05) is 56.0 Å². The standard InChI is InChI=1S/C25H27ClF3N5O3/c26-18-4-2-5-19(14-18)31-22(35)15-21-24(37)30-7-8-34(21)23(36)16-32-9-11-33(12-10-32)20-6-1-3-17(13-20)25(27,28)29/h1-6,13-14,21H,7-12,15-16H2,(H,30,37)(H,31,35)/t21-/m1/s1. The van der Waals surface area contributed by atoms with E-state index in [0.717, 1.165) is 12.1 Å². The Labute approximate surface area is 217 Å². The molecule has 0 saturated carbocycles. The van der Waals surface area contributed by atoms with Gasteiger partial charge in [0.1, 0.15) is 6.04 Å². The van der Waals surface area contributed by atoms with Gasteiger partial charge in [0.05, 0.1) is 18.5 Å². The van der Waals surface area contributed by atoms with Crippen molar-refractivity contribution in [1.29, 1.82) is 0 Å². The van der Waals surface area contributed by atoms with Gasteiger partial charge in [-0.3, -0.25) is 19.3 Å². The molecule has 2 saturated heterocycles. The summed E-state index contributed by atoms with van der Waals surface area (Å²) in [6, 6.07) is 10.9. The fraction of sp³-hybridized carbons (Fsp3) is 0.400. The second-order valence-corrected chi connectivity index (χ2v) is 9.40. The molecule has 3 amide bonds.